The van der Waals surface area contributed by atoms with Crippen LogP contribution in [0.4, 0.5) is 0 Å². The van der Waals surface area contributed by atoms with Crippen LogP contribution in [0.3, 0.4) is 0 Å². The second kappa shape index (κ2) is 3.13. The lowest BCUT2D eigenvalue weighted by Gasteiger charge is -2.32. The Kier molecular flexibility index (Phi) is 1.93. The highest BCUT2D eigenvalue weighted by molar-refractivity contribution is 5.22. The Morgan fingerprint density at radius 2 is 2.08 bits per heavy atom. The van der Waals surface area contributed by atoms with Crippen molar-refractivity contribution >= 4 is 0 Å². The summed E-state index contributed by atoms with van der Waals surface area (Å²) in [6.45, 7) is 1.01. The molecule has 0 radical (unpaired) electrons. The van der Waals surface area contributed by atoms with Gasteiger partial charge in [0.1, 0.15) is 0 Å². The highest BCUT2D eigenvalue weighted by Crippen LogP contribution is 2.45. The standard InChI is InChI=1S/C12H18O/c1-2-6-11-9(4-1)8-10-5-3-7-13-12(10)11/h8-9,11-12H,1-7H2. The zero-order valence-electron chi connectivity index (χ0n) is 8.17. The fourth-order valence-electron chi connectivity index (χ4n) is 3.36. The van der Waals surface area contributed by atoms with E-state index in [4.69, 9.17) is 4.74 Å². The molecule has 0 aromatic rings. The summed E-state index contributed by atoms with van der Waals surface area (Å²) in [4.78, 5) is 0. The predicted octanol–water partition coefficient (Wildman–Crippen LogP) is 2.91. The lowest BCUT2D eigenvalue weighted by Crippen LogP contribution is -2.30. The van der Waals surface area contributed by atoms with Crippen molar-refractivity contribution in [3.63, 3.8) is 0 Å². The molecule has 2 aliphatic carbocycles. The summed E-state index contributed by atoms with van der Waals surface area (Å²) < 4.78 is 5.90. The molecule has 1 aliphatic heterocycles. The first-order chi connectivity index (χ1) is 6.45. The summed E-state index contributed by atoms with van der Waals surface area (Å²) in [6, 6.07) is 0. The van der Waals surface area contributed by atoms with E-state index < -0.39 is 0 Å². The Hall–Kier alpha value is -0.300. The minimum atomic E-state index is 0.541. The molecule has 3 unspecified atom stereocenters. The quantitative estimate of drug-likeness (QED) is 0.518. The van der Waals surface area contributed by atoms with Crippen molar-refractivity contribution < 1.29 is 4.74 Å². The third-order valence-corrected chi connectivity index (χ3v) is 3.96. The van der Waals surface area contributed by atoms with Crippen LogP contribution >= 0.6 is 0 Å². The zero-order chi connectivity index (χ0) is 8.67. The van der Waals surface area contributed by atoms with Crippen LogP contribution in [-0.4, -0.2) is 12.7 Å². The molecule has 0 aromatic carbocycles. The van der Waals surface area contributed by atoms with Gasteiger partial charge in [-0.05, 0) is 43.1 Å². The van der Waals surface area contributed by atoms with Gasteiger partial charge in [-0.3, -0.25) is 0 Å². The number of hydrogen-bond donors (Lipinski definition) is 0. The first-order valence-corrected chi connectivity index (χ1v) is 5.77. The van der Waals surface area contributed by atoms with E-state index in [0.717, 1.165) is 18.4 Å². The van der Waals surface area contributed by atoms with Crippen LogP contribution in [0.25, 0.3) is 0 Å². The molecule has 0 N–H and O–H groups in total. The number of rotatable bonds is 0. The summed E-state index contributed by atoms with van der Waals surface area (Å²) in [5.41, 5.74) is 1.64. The molecule has 1 saturated heterocycles. The second-order valence-electron chi connectivity index (χ2n) is 4.75. The van der Waals surface area contributed by atoms with Gasteiger partial charge in [0.15, 0.2) is 0 Å². The number of fused-ring (bicyclic) bond motifs is 3. The van der Waals surface area contributed by atoms with Crippen molar-refractivity contribution in [3.8, 4) is 0 Å². The van der Waals surface area contributed by atoms with Gasteiger partial charge in [-0.25, -0.2) is 0 Å². The fraction of sp³-hybridized carbons (Fsp3) is 0.833. The van der Waals surface area contributed by atoms with E-state index in [-0.39, 0.29) is 0 Å². The Bertz CT molecular complexity index is 231. The molecule has 3 atom stereocenters. The average Bonchev–Trinajstić information content (AvgIpc) is 2.56. The van der Waals surface area contributed by atoms with E-state index in [9.17, 15) is 0 Å². The van der Waals surface area contributed by atoms with Crippen LogP contribution < -0.4 is 0 Å². The van der Waals surface area contributed by atoms with Crippen molar-refractivity contribution in [2.75, 3.05) is 6.61 Å². The van der Waals surface area contributed by atoms with Gasteiger partial charge >= 0.3 is 0 Å². The summed E-state index contributed by atoms with van der Waals surface area (Å²) in [6.07, 6.45) is 11.4. The smallest absolute Gasteiger partial charge is 0.0818 e. The van der Waals surface area contributed by atoms with E-state index in [0.29, 0.717) is 6.10 Å². The van der Waals surface area contributed by atoms with Gasteiger partial charge in [-0.1, -0.05) is 18.9 Å². The van der Waals surface area contributed by atoms with Crippen molar-refractivity contribution in [2.24, 2.45) is 11.8 Å². The SMILES string of the molecule is C1=C2CCCOC2C2CCCCC12. The molecule has 1 heterocycles. The summed E-state index contributed by atoms with van der Waals surface area (Å²) in [5.74, 6) is 1.75. The molecule has 0 amide bonds. The Morgan fingerprint density at radius 1 is 1.15 bits per heavy atom. The first kappa shape index (κ1) is 8.05. The van der Waals surface area contributed by atoms with Crippen molar-refractivity contribution in [3.05, 3.63) is 11.6 Å². The zero-order valence-corrected chi connectivity index (χ0v) is 8.17. The first-order valence-electron chi connectivity index (χ1n) is 5.77. The van der Waals surface area contributed by atoms with Crippen molar-refractivity contribution in [2.45, 2.75) is 44.6 Å². The normalized spacial score (nSPS) is 43.7. The third-order valence-electron chi connectivity index (χ3n) is 3.96. The molecule has 2 fully saturated rings. The topological polar surface area (TPSA) is 9.23 Å². The van der Waals surface area contributed by atoms with Crippen LogP contribution in [0.2, 0.25) is 0 Å². The molecule has 0 spiro atoms. The van der Waals surface area contributed by atoms with Gasteiger partial charge in [-0.15, -0.1) is 0 Å². The number of ether oxygens (including phenoxy) is 1. The minimum Gasteiger partial charge on any atom is -0.374 e. The molecule has 13 heavy (non-hydrogen) atoms. The van der Waals surface area contributed by atoms with Gasteiger partial charge in [0, 0.05) is 6.61 Å². The van der Waals surface area contributed by atoms with Gasteiger partial charge < -0.3 is 4.74 Å². The van der Waals surface area contributed by atoms with Crippen molar-refractivity contribution in [1.82, 2.24) is 0 Å². The minimum absolute atomic E-state index is 0.541. The van der Waals surface area contributed by atoms with Gasteiger partial charge in [0.05, 0.1) is 6.10 Å². The van der Waals surface area contributed by atoms with Crippen LogP contribution in [0, 0.1) is 11.8 Å². The summed E-state index contributed by atoms with van der Waals surface area (Å²) in [5, 5.41) is 0. The molecule has 1 saturated carbocycles. The van der Waals surface area contributed by atoms with Crippen LogP contribution in [0.15, 0.2) is 11.6 Å². The highest BCUT2D eigenvalue weighted by Gasteiger charge is 2.39. The number of allylic oxidation sites excluding steroid dienone is 1. The van der Waals surface area contributed by atoms with Gasteiger partial charge in [0.2, 0.25) is 0 Å². The molecule has 1 heteroatoms. The maximum atomic E-state index is 5.90. The Labute approximate surface area is 80.2 Å². The largest absolute Gasteiger partial charge is 0.374 e. The lowest BCUT2D eigenvalue weighted by molar-refractivity contribution is 0.00508. The lowest BCUT2D eigenvalue weighted by atomic mass is 9.80. The molecule has 3 rings (SSSR count). The Balaban J connectivity index is 1.83. The van der Waals surface area contributed by atoms with Crippen LogP contribution in [0.5, 0.6) is 0 Å². The Morgan fingerprint density at radius 3 is 3.08 bits per heavy atom. The van der Waals surface area contributed by atoms with Gasteiger partial charge in [-0.2, -0.15) is 0 Å². The fourth-order valence-corrected chi connectivity index (χ4v) is 3.36. The van der Waals surface area contributed by atoms with Crippen LogP contribution in [-0.2, 0) is 4.74 Å². The maximum Gasteiger partial charge on any atom is 0.0818 e. The molecule has 3 aliphatic rings. The summed E-state index contributed by atoms with van der Waals surface area (Å²) >= 11 is 0. The maximum absolute atomic E-state index is 5.90. The predicted molar refractivity (Wildman–Crippen MR) is 52.5 cm³/mol. The van der Waals surface area contributed by atoms with E-state index in [1.165, 1.54) is 38.5 Å². The molecule has 1 nitrogen and oxygen atoms in total. The monoisotopic (exact) mass is 178 g/mol. The van der Waals surface area contributed by atoms with E-state index in [2.05, 4.69) is 6.08 Å². The highest BCUT2D eigenvalue weighted by atomic mass is 16.5. The second-order valence-corrected chi connectivity index (χ2v) is 4.75. The van der Waals surface area contributed by atoms with Crippen LogP contribution in [0.1, 0.15) is 38.5 Å². The van der Waals surface area contributed by atoms with Crippen molar-refractivity contribution in [1.29, 1.82) is 0 Å². The van der Waals surface area contributed by atoms with Gasteiger partial charge in [0.25, 0.3) is 0 Å². The number of hydrogen-bond acceptors (Lipinski definition) is 1. The molecule has 72 valence electrons. The molecule has 0 bridgehead atoms. The molecular formula is C12H18O. The van der Waals surface area contributed by atoms with E-state index in [1.54, 1.807) is 5.57 Å². The van der Waals surface area contributed by atoms with E-state index >= 15 is 0 Å². The molecule has 0 aromatic heterocycles. The third kappa shape index (κ3) is 1.25. The van der Waals surface area contributed by atoms with E-state index in [1.807, 2.05) is 0 Å². The summed E-state index contributed by atoms with van der Waals surface area (Å²) in [7, 11) is 0. The average molecular weight is 178 g/mol. The molecular weight excluding hydrogens is 160 g/mol.